The number of fused-ring (bicyclic) bond motifs is 1. The Balaban J connectivity index is 0. The first-order valence-corrected chi connectivity index (χ1v) is 10.4. The molecule has 158 valence electrons. The zero-order valence-electron chi connectivity index (χ0n) is 18.5. The molecule has 0 spiro atoms. The van der Waals surface area contributed by atoms with Gasteiger partial charge in [-0.1, -0.05) is 56.9 Å². The Labute approximate surface area is 210 Å². The van der Waals surface area contributed by atoms with Gasteiger partial charge in [-0.05, 0) is 36.3 Å². The first kappa shape index (κ1) is 31.0. The summed E-state index contributed by atoms with van der Waals surface area (Å²) in [4.78, 5) is 0. The van der Waals surface area contributed by atoms with E-state index in [1.54, 1.807) is 11.1 Å². The van der Waals surface area contributed by atoms with Crippen molar-refractivity contribution in [2.45, 2.75) is 65.2 Å². The molecule has 2 heteroatoms. The summed E-state index contributed by atoms with van der Waals surface area (Å²) < 4.78 is 0. The molecule has 1 aliphatic carbocycles. The van der Waals surface area contributed by atoms with Crippen LogP contribution in [0.1, 0.15) is 69.1 Å². The van der Waals surface area contributed by atoms with E-state index in [0.29, 0.717) is 11.8 Å². The molecule has 0 nitrogen and oxygen atoms in total. The average Bonchev–Trinajstić information content (AvgIpc) is 2.74. The summed E-state index contributed by atoms with van der Waals surface area (Å²) in [6.45, 7) is 17.9. The molecule has 0 saturated carbocycles. The van der Waals surface area contributed by atoms with Crippen molar-refractivity contribution in [1.82, 2.24) is 0 Å². The third-order valence-corrected chi connectivity index (χ3v) is 5.28. The molecular formula is C27H38W2. The minimum Gasteiger partial charge on any atom is -0.343 e. The van der Waals surface area contributed by atoms with Crippen LogP contribution in [0.5, 0.6) is 0 Å². The normalized spacial score (nSPS) is 15.2. The molecule has 2 atom stereocenters. The van der Waals surface area contributed by atoms with E-state index in [1.807, 2.05) is 18.2 Å². The number of rotatable bonds is 4. The Morgan fingerprint density at radius 2 is 1.48 bits per heavy atom. The van der Waals surface area contributed by atoms with Gasteiger partial charge in [-0.25, -0.2) is 0 Å². The van der Waals surface area contributed by atoms with Gasteiger partial charge in [0.2, 0.25) is 0 Å². The Kier molecular flexibility index (Phi) is 19.9. The first-order chi connectivity index (χ1) is 13.0. The molecule has 2 aromatic rings. The van der Waals surface area contributed by atoms with Crippen molar-refractivity contribution in [3.63, 3.8) is 0 Å². The molecule has 0 bridgehead atoms. The maximum absolute atomic E-state index is 3.84. The van der Waals surface area contributed by atoms with Gasteiger partial charge >= 0.3 is 42.1 Å². The Morgan fingerprint density at radius 3 is 1.97 bits per heavy atom. The topological polar surface area (TPSA) is 0 Å². The predicted molar refractivity (Wildman–Crippen MR) is 120 cm³/mol. The monoisotopic (exact) mass is 730 g/mol. The first-order valence-electron chi connectivity index (χ1n) is 10.4. The van der Waals surface area contributed by atoms with Gasteiger partial charge in [-0.3, -0.25) is 0 Å². The third kappa shape index (κ3) is 13.0. The van der Waals surface area contributed by atoms with E-state index in [-0.39, 0.29) is 42.1 Å². The van der Waals surface area contributed by atoms with Crippen LogP contribution >= 0.6 is 0 Å². The van der Waals surface area contributed by atoms with Gasteiger partial charge in [0.05, 0.1) is 0 Å². The second-order valence-electron chi connectivity index (χ2n) is 7.81. The summed E-state index contributed by atoms with van der Waals surface area (Å²) in [6.07, 6.45) is 6.93. The molecule has 0 fully saturated rings. The van der Waals surface area contributed by atoms with Gasteiger partial charge < -0.3 is 20.8 Å². The van der Waals surface area contributed by atoms with Crippen LogP contribution in [0.4, 0.5) is 0 Å². The van der Waals surface area contributed by atoms with Crippen LogP contribution in [-0.2, 0) is 55.0 Å². The minimum atomic E-state index is 0. The van der Waals surface area contributed by atoms with E-state index >= 15 is 0 Å². The Hall–Kier alpha value is -0.183. The van der Waals surface area contributed by atoms with E-state index in [0.717, 1.165) is 25.2 Å². The quantitative estimate of drug-likeness (QED) is 0.284. The number of aryl methyl sites for hydroxylation is 1. The second-order valence-corrected chi connectivity index (χ2v) is 7.81. The fourth-order valence-corrected chi connectivity index (χ4v) is 2.89. The van der Waals surface area contributed by atoms with Crippen LogP contribution in [0.15, 0.2) is 48.5 Å². The summed E-state index contributed by atoms with van der Waals surface area (Å²) in [7, 11) is 0. The standard InChI is InChI=1S/C11H14.C10H12.C6H12.2W/c1-9-6-7-10-4-2-3-5-11(10)8-9;1-3-9(2)10-7-5-4-6-8-10;1-4-6(3)5-2;;/h2-5,9H,6-8H2,1H3;4-7,9H,1,3H2,2H3;6H,1-2,4-5H2,3H3;;/q;2*-2;2*+2. The van der Waals surface area contributed by atoms with E-state index in [2.05, 4.69) is 77.9 Å². The Morgan fingerprint density at radius 1 is 0.897 bits per heavy atom. The fourth-order valence-electron chi connectivity index (χ4n) is 2.89. The van der Waals surface area contributed by atoms with Crippen LogP contribution in [0.2, 0.25) is 0 Å². The SMILES string of the molecule is CC1CCc2ccccc2C1.[CH2-]CC(C)C[CH2-].[CH2-]CC(C)c1[c-]cccc1.[W+2].[W+2]. The van der Waals surface area contributed by atoms with Crippen molar-refractivity contribution >= 4 is 0 Å². The predicted octanol–water partition coefficient (Wildman–Crippen LogP) is 7.69. The molecule has 0 radical (unpaired) electrons. The molecule has 2 aromatic carbocycles. The number of benzene rings is 2. The average molecular weight is 730 g/mol. The third-order valence-electron chi connectivity index (χ3n) is 5.28. The van der Waals surface area contributed by atoms with Crippen LogP contribution < -0.4 is 0 Å². The van der Waals surface area contributed by atoms with Gasteiger partial charge in [-0.2, -0.15) is 55.2 Å². The molecule has 0 saturated heterocycles. The molecule has 1 aliphatic rings. The van der Waals surface area contributed by atoms with Crippen LogP contribution in [-0.4, -0.2) is 0 Å². The van der Waals surface area contributed by atoms with Crippen molar-refractivity contribution in [3.05, 3.63) is 92.1 Å². The molecule has 29 heavy (non-hydrogen) atoms. The molecule has 0 amide bonds. The van der Waals surface area contributed by atoms with Gasteiger partial charge in [0.15, 0.2) is 0 Å². The maximum atomic E-state index is 3.84. The molecule has 0 N–H and O–H groups in total. The molecule has 2 unspecified atom stereocenters. The summed E-state index contributed by atoms with van der Waals surface area (Å²) in [6, 6.07) is 20.1. The molecule has 0 aliphatic heterocycles. The van der Waals surface area contributed by atoms with E-state index in [9.17, 15) is 0 Å². The molecule has 0 aromatic heterocycles. The van der Waals surface area contributed by atoms with Crippen molar-refractivity contribution in [3.8, 4) is 0 Å². The van der Waals surface area contributed by atoms with Crippen LogP contribution in [0.3, 0.4) is 0 Å². The maximum Gasteiger partial charge on any atom is 2.00 e. The van der Waals surface area contributed by atoms with Crippen molar-refractivity contribution in [2.75, 3.05) is 0 Å². The summed E-state index contributed by atoms with van der Waals surface area (Å²) in [5.41, 5.74) is 4.41. The summed E-state index contributed by atoms with van der Waals surface area (Å²) in [5.74, 6) is 2.15. The largest absolute Gasteiger partial charge is 2.00 e. The van der Waals surface area contributed by atoms with Gasteiger partial charge in [-0.15, -0.1) is 0 Å². The molecule has 0 heterocycles. The number of hydrogen-bond acceptors (Lipinski definition) is 0. The zero-order valence-corrected chi connectivity index (χ0v) is 24.4. The summed E-state index contributed by atoms with van der Waals surface area (Å²) >= 11 is 0. The van der Waals surface area contributed by atoms with Crippen LogP contribution in [0.25, 0.3) is 0 Å². The molecular weight excluding hydrogens is 692 g/mol. The summed E-state index contributed by atoms with van der Waals surface area (Å²) in [5, 5.41) is 0. The fraction of sp³-hybridized carbons (Fsp3) is 0.444. The van der Waals surface area contributed by atoms with Crippen molar-refractivity contribution in [1.29, 1.82) is 0 Å². The zero-order chi connectivity index (χ0) is 20.1. The van der Waals surface area contributed by atoms with Crippen molar-refractivity contribution < 1.29 is 42.1 Å². The molecule has 3 rings (SSSR count). The second kappa shape index (κ2) is 18.6. The van der Waals surface area contributed by atoms with E-state index < -0.39 is 0 Å². The number of hydrogen-bond donors (Lipinski definition) is 0. The van der Waals surface area contributed by atoms with Crippen molar-refractivity contribution in [2.24, 2.45) is 11.8 Å². The minimum absolute atomic E-state index is 0. The van der Waals surface area contributed by atoms with Gasteiger partial charge in [0.1, 0.15) is 0 Å². The Bertz CT molecular complexity index is 605. The van der Waals surface area contributed by atoms with E-state index in [4.69, 9.17) is 0 Å². The van der Waals surface area contributed by atoms with Crippen LogP contribution in [0, 0.1) is 38.7 Å². The van der Waals surface area contributed by atoms with Gasteiger partial charge in [0, 0.05) is 0 Å². The van der Waals surface area contributed by atoms with E-state index in [1.165, 1.54) is 24.8 Å². The van der Waals surface area contributed by atoms with Gasteiger partial charge in [0.25, 0.3) is 0 Å². The smallest absolute Gasteiger partial charge is 0.343 e.